The molecule has 3 rings (SSSR count). The van der Waals surface area contributed by atoms with Gasteiger partial charge in [0.1, 0.15) is 5.65 Å². The van der Waals surface area contributed by atoms with E-state index in [0.717, 1.165) is 11.0 Å². The van der Waals surface area contributed by atoms with Crippen LogP contribution < -0.4 is 0 Å². The zero-order valence-corrected chi connectivity index (χ0v) is 11.1. The number of aromatic nitrogens is 2. The topological polar surface area (TPSA) is 58.2 Å². The Bertz CT molecular complexity index is 598. The van der Waals surface area contributed by atoms with Gasteiger partial charge in [-0.25, -0.2) is 4.98 Å². The Kier molecular flexibility index (Phi) is 2.98. The van der Waals surface area contributed by atoms with E-state index in [9.17, 15) is 4.79 Å². The third-order valence-electron chi connectivity index (χ3n) is 3.58. The molecule has 1 N–H and O–H groups in total. The van der Waals surface area contributed by atoms with Crippen LogP contribution in [-0.2, 0) is 4.74 Å². The van der Waals surface area contributed by atoms with Gasteiger partial charge in [0, 0.05) is 17.8 Å². The zero-order valence-electron chi connectivity index (χ0n) is 11.1. The summed E-state index contributed by atoms with van der Waals surface area (Å²) in [5.41, 5.74) is 1.43. The molecule has 2 unspecified atom stereocenters. The molecule has 2 atom stereocenters. The second kappa shape index (κ2) is 4.66. The Morgan fingerprint density at radius 2 is 2.16 bits per heavy atom. The smallest absolute Gasteiger partial charge is 0.256 e. The van der Waals surface area contributed by atoms with Gasteiger partial charge in [-0.1, -0.05) is 0 Å². The van der Waals surface area contributed by atoms with Gasteiger partial charge in [-0.05, 0) is 26.0 Å². The number of aromatic amines is 1. The van der Waals surface area contributed by atoms with Crippen LogP contribution in [0.25, 0.3) is 11.0 Å². The first-order chi connectivity index (χ1) is 9.18. The largest absolute Gasteiger partial charge is 0.377 e. The summed E-state index contributed by atoms with van der Waals surface area (Å²) in [6.45, 7) is 5.22. The predicted octanol–water partition coefficient (Wildman–Crippen LogP) is 1.81. The first-order valence-corrected chi connectivity index (χ1v) is 6.51. The van der Waals surface area contributed by atoms with E-state index in [2.05, 4.69) is 9.97 Å². The van der Waals surface area contributed by atoms with E-state index in [4.69, 9.17) is 4.74 Å². The second-order valence-corrected chi connectivity index (χ2v) is 5.05. The summed E-state index contributed by atoms with van der Waals surface area (Å²) in [6.07, 6.45) is 3.46. The van der Waals surface area contributed by atoms with Crippen LogP contribution in [0.4, 0.5) is 0 Å². The van der Waals surface area contributed by atoms with Crippen molar-refractivity contribution in [3.05, 3.63) is 30.1 Å². The molecular formula is C14H17N3O2. The fraction of sp³-hybridized carbons (Fsp3) is 0.429. The fourth-order valence-electron chi connectivity index (χ4n) is 2.68. The summed E-state index contributed by atoms with van der Waals surface area (Å²) in [7, 11) is 0. The van der Waals surface area contributed by atoms with Crippen molar-refractivity contribution in [3.8, 4) is 0 Å². The van der Waals surface area contributed by atoms with Gasteiger partial charge < -0.3 is 14.6 Å². The molecule has 1 amide bonds. The molecule has 0 aliphatic carbocycles. The summed E-state index contributed by atoms with van der Waals surface area (Å²) in [4.78, 5) is 21.9. The van der Waals surface area contributed by atoms with Crippen molar-refractivity contribution >= 4 is 16.9 Å². The van der Waals surface area contributed by atoms with Gasteiger partial charge in [-0.15, -0.1) is 0 Å². The number of morpholine rings is 1. The molecule has 19 heavy (non-hydrogen) atoms. The molecule has 2 aromatic heterocycles. The summed E-state index contributed by atoms with van der Waals surface area (Å²) in [6, 6.07) is 3.96. The zero-order chi connectivity index (χ0) is 13.4. The van der Waals surface area contributed by atoms with Crippen molar-refractivity contribution in [2.24, 2.45) is 0 Å². The molecule has 1 aliphatic rings. The number of carbonyl (C=O) groups is 1. The van der Waals surface area contributed by atoms with Gasteiger partial charge in [-0.2, -0.15) is 0 Å². The van der Waals surface area contributed by atoms with Crippen LogP contribution >= 0.6 is 0 Å². The summed E-state index contributed by atoms with van der Waals surface area (Å²) >= 11 is 0. The number of hydrogen-bond donors (Lipinski definition) is 1. The molecule has 3 heterocycles. The van der Waals surface area contributed by atoms with E-state index < -0.39 is 0 Å². The molecule has 0 bridgehead atoms. The standard InChI is InChI=1S/C14H17N3O2/c1-9-7-19-8-10(2)17(9)14(18)12-6-16-13-11(12)4-3-5-15-13/h3-6,9-10H,7-8H2,1-2H3,(H,15,16). The Balaban J connectivity index is 1.99. The van der Waals surface area contributed by atoms with Gasteiger partial charge in [0.15, 0.2) is 0 Å². The summed E-state index contributed by atoms with van der Waals surface area (Å²) in [5.74, 6) is 0.0440. The lowest BCUT2D eigenvalue weighted by molar-refractivity contribution is -0.0248. The van der Waals surface area contributed by atoms with Crippen molar-refractivity contribution in [3.63, 3.8) is 0 Å². The number of pyridine rings is 1. The van der Waals surface area contributed by atoms with Gasteiger partial charge in [0.2, 0.25) is 0 Å². The summed E-state index contributed by atoms with van der Waals surface area (Å²) < 4.78 is 5.47. The number of fused-ring (bicyclic) bond motifs is 1. The number of ether oxygens (including phenoxy) is 1. The fourth-order valence-corrected chi connectivity index (χ4v) is 2.68. The first kappa shape index (κ1) is 12.2. The molecule has 0 aromatic carbocycles. The minimum absolute atomic E-state index is 0.0440. The van der Waals surface area contributed by atoms with Crippen molar-refractivity contribution in [1.82, 2.24) is 14.9 Å². The van der Waals surface area contributed by atoms with Crippen molar-refractivity contribution in [1.29, 1.82) is 0 Å². The van der Waals surface area contributed by atoms with Crippen molar-refractivity contribution in [2.45, 2.75) is 25.9 Å². The molecule has 5 nitrogen and oxygen atoms in total. The third kappa shape index (κ3) is 2.00. The van der Waals surface area contributed by atoms with Crippen LogP contribution in [0.5, 0.6) is 0 Å². The van der Waals surface area contributed by atoms with E-state index in [1.54, 1.807) is 12.4 Å². The Morgan fingerprint density at radius 1 is 1.42 bits per heavy atom. The molecule has 0 radical (unpaired) electrons. The highest BCUT2D eigenvalue weighted by atomic mass is 16.5. The average molecular weight is 259 g/mol. The Morgan fingerprint density at radius 3 is 2.89 bits per heavy atom. The van der Waals surface area contributed by atoms with Gasteiger partial charge >= 0.3 is 0 Å². The van der Waals surface area contributed by atoms with Gasteiger partial charge in [0.25, 0.3) is 5.91 Å². The van der Waals surface area contributed by atoms with Gasteiger partial charge in [-0.3, -0.25) is 4.79 Å². The van der Waals surface area contributed by atoms with E-state index >= 15 is 0 Å². The quantitative estimate of drug-likeness (QED) is 0.849. The number of amides is 1. The lowest BCUT2D eigenvalue weighted by atomic mass is 10.1. The number of hydrogen-bond acceptors (Lipinski definition) is 3. The highest BCUT2D eigenvalue weighted by Gasteiger charge is 2.31. The summed E-state index contributed by atoms with van der Waals surface area (Å²) in [5, 5.41) is 0.874. The number of rotatable bonds is 1. The van der Waals surface area contributed by atoms with E-state index in [-0.39, 0.29) is 18.0 Å². The van der Waals surface area contributed by atoms with E-state index in [1.165, 1.54) is 0 Å². The van der Waals surface area contributed by atoms with Crippen LogP contribution in [0.1, 0.15) is 24.2 Å². The average Bonchev–Trinajstić information content (AvgIpc) is 2.82. The molecule has 0 spiro atoms. The van der Waals surface area contributed by atoms with E-state index in [1.807, 2.05) is 30.9 Å². The third-order valence-corrected chi connectivity index (χ3v) is 3.58. The molecule has 1 aliphatic heterocycles. The van der Waals surface area contributed by atoms with Gasteiger partial charge in [0.05, 0.1) is 30.9 Å². The molecular weight excluding hydrogens is 242 g/mol. The van der Waals surface area contributed by atoms with Crippen LogP contribution in [0.3, 0.4) is 0 Å². The van der Waals surface area contributed by atoms with E-state index in [0.29, 0.717) is 18.8 Å². The molecule has 2 aromatic rings. The van der Waals surface area contributed by atoms with Crippen molar-refractivity contribution < 1.29 is 9.53 Å². The molecule has 1 fully saturated rings. The molecule has 5 heteroatoms. The Labute approximate surface area is 111 Å². The lowest BCUT2D eigenvalue weighted by Crippen LogP contribution is -2.52. The highest BCUT2D eigenvalue weighted by Crippen LogP contribution is 2.22. The monoisotopic (exact) mass is 259 g/mol. The molecule has 0 saturated carbocycles. The lowest BCUT2D eigenvalue weighted by Gasteiger charge is -2.38. The van der Waals surface area contributed by atoms with Crippen LogP contribution in [-0.4, -0.2) is 46.1 Å². The minimum atomic E-state index is 0.0440. The number of nitrogens with one attached hydrogen (secondary N) is 1. The van der Waals surface area contributed by atoms with Crippen LogP contribution in [0.2, 0.25) is 0 Å². The predicted molar refractivity (Wildman–Crippen MR) is 72.0 cm³/mol. The first-order valence-electron chi connectivity index (χ1n) is 6.51. The number of H-pyrrole nitrogens is 1. The number of carbonyl (C=O) groups excluding carboxylic acids is 1. The SMILES string of the molecule is CC1COCC(C)N1C(=O)c1c[nH]c2ncccc12. The van der Waals surface area contributed by atoms with Crippen LogP contribution in [0.15, 0.2) is 24.5 Å². The molecule has 1 saturated heterocycles. The molecule has 100 valence electrons. The second-order valence-electron chi connectivity index (χ2n) is 5.05. The maximum absolute atomic E-state index is 12.7. The normalized spacial score (nSPS) is 23.8. The minimum Gasteiger partial charge on any atom is -0.377 e. The highest BCUT2D eigenvalue weighted by molar-refractivity contribution is 6.06. The van der Waals surface area contributed by atoms with Crippen LogP contribution in [0, 0.1) is 0 Å². The number of nitrogens with zero attached hydrogens (tertiary/aromatic N) is 2. The van der Waals surface area contributed by atoms with Crippen molar-refractivity contribution in [2.75, 3.05) is 13.2 Å². The maximum atomic E-state index is 12.7. The maximum Gasteiger partial charge on any atom is 0.256 e. The Hall–Kier alpha value is -1.88.